The molecule has 150 valence electrons. The van der Waals surface area contributed by atoms with Crippen molar-refractivity contribution in [1.29, 1.82) is 0 Å². The predicted molar refractivity (Wildman–Crippen MR) is 117 cm³/mol. The van der Waals surface area contributed by atoms with E-state index in [1.807, 2.05) is 0 Å². The van der Waals surface area contributed by atoms with E-state index in [0.29, 0.717) is 32.8 Å². The molecule has 1 atom stereocenters. The summed E-state index contributed by atoms with van der Waals surface area (Å²) in [4.78, 5) is 25.9. The first kappa shape index (κ1) is 20.9. The van der Waals surface area contributed by atoms with Crippen molar-refractivity contribution in [3.8, 4) is 11.5 Å². The van der Waals surface area contributed by atoms with Gasteiger partial charge < -0.3 is 14.6 Å². The van der Waals surface area contributed by atoms with Gasteiger partial charge in [0.15, 0.2) is 10.4 Å². The van der Waals surface area contributed by atoms with Gasteiger partial charge in [0.25, 0.3) is 5.91 Å². The monoisotopic (exact) mass is 429 g/mol. The van der Waals surface area contributed by atoms with Crippen LogP contribution in [-0.2, 0) is 9.59 Å². The van der Waals surface area contributed by atoms with Gasteiger partial charge in [-0.15, -0.1) is 0 Å². The molecule has 0 aliphatic carbocycles. The van der Waals surface area contributed by atoms with E-state index in [9.17, 15) is 9.59 Å². The number of nitrogens with zero attached hydrogens (tertiary/aromatic N) is 1. The number of carboxylic acids is 1. The fraction of sp³-hybridized carbons (Fsp3) is 0.190. The fourth-order valence-electron chi connectivity index (χ4n) is 2.69. The van der Waals surface area contributed by atoms with Crippen molar-refractivity contribution in [3.05, 3.63) is 59.0 Å². The number of ether oxygens (including phenoxy) is 2. The van der Waals surface area contributed by atoms with Gasteiger partial charge in [-0.3, -0.25) is 9.69 Å². The summed E-state index contributed by atoms with van der Waals surface area (Å²) in [5.41, 5.74) is 1.47. The minimum Gasteiger partial charge on any atom is -0.497 e. The molecule has 1 saturated heterocycles. The Hall–Kier alpha value is -2.84. The van der Waals surface area contributed by atoms with E-state index < -0.39 is 12.1 Å². The lowest BCUT2D eigenvalue weighted by Crippen LogP contribution is -2.27. The lowest BCUT2D eigenvalue weighted by Gasteiger charge is -2.14. The topological polar surface area (TPSA) is 76.1 Å². The molecule has 0 radical (unpaired) electrons. The van der Waals surface area contributed by atoms with Crippen LogP contribution < -0.4 is 14.4 Å². The molecule has 6 nitrogen and oxygen atoms in total. The summed E-state index contributed by atoms with van der Waals surface area (Å²) in [5.74, 6) is -0.0337. The molecule has 2 aromatic carbocycles. The smallest absolute Gasteiger partial charge is 0.344 e. The Kier molecular flexibility index (Phi) is 6.56. The number of amides is 1. The van der Waals surface area contributed by atoms with E-state index in [4.69, 9.17) is 26.8 Å². The number of thioether (sulfide) groups is 1. The number of methoxy groups -OCH3 is 1. The number of aliphatic carboxylic acids is 1. The molecule has 1 N–H and O–H groups in total. The number of benzene rings is 2. The number of carbonyl (C=O) groups is 2. The van der Waals surface area contributed by atoms with E-state index in [0.717, 1.165) is 5.56 Å². The Morgan fingerprint density at radius 3 is 2.34 bits per heavy atom. The van der Waals surface area contributed by atoms with E-state index in [1.165, 1.54) is 16.7 Å². The molecule has 0 aromatic heterocycles. The van der Waals surface area contributed by atoms with Crippen molar-refractivity contribution in [2.24, 2.45) is 0 Å². The van der Waals surface area contributed by atoms with Crippen LogP contribution in [0, 0.1) is 0 Å². The molecular weight excluding hydrogens is 410 g/mol. The normalized spacial score (nSPS) is 16.2. The molecule has 3 rings (SSSR count). The standard InChI is InChI=1S/C21H19NO5S2/c1-3-17(20(24)25)27-16-8-4-13(5-9-16)12-18-19(23)22(21(28)29-18)14-6-10-15(26-2)11-7-14/h4-12,17H,3H2,1-2H3,(H,24,25)/b18-12+. The summed E-state index contributed by atoms with van der Waals surface area (Å²) in [5, 5.41) is 9.08. The zero-order valence-corrected chi connectivity index (χ0v) is 17.5. The molecule has 29 heavy (non-hydrogen) atoms. The van der Waals surface area contributed by atoms with Crippen LogP contribution in [0.3, 0.4) is 0 Å². The quantitative estimate of drug-likeness (QED) is 0.518. The van der Waals surface area contributed by atoms with Gasteiger partial charge >= 0.3 is 5.97 Å². The molecule has 1 fully saturated rings. The van der Waals surface area contributed by atoms with Gasteiger partial charge in [0.1, 0.15) is 11.5 Å². The maximum absolute atomic E-state index is 12.8. The average Bonchev–Trinajstić information content (AvgIpc) is 3.00. The second-order valence-electron chi connectivity index (χ2n) is 6.14. The first-order valence-corrected chi connectivity index (χ1v) is 10.1. The first-order valence-electron chi connectivity index (χ1n) is 8.84. The van der Waals surface area contributed by atoms with Crippen molar-refractivity contribution in [1.82, 2.24) is 0 Å². The maximum atomic E-state index is 12.8. The van der Waals surface area contributed by atoms with Crippen molar-refractivity contribution in [2.45, 2.75) is 19.4 Å². The highest BCUT2D eigenvalue weighted by Crippen LogP contribution is 2.36. The van der Waals surface area contributed by atoms with Gasteiger partial charge in [-0.25, -0.2) is 4.79 Å². The van der Waals surface area contributed by atoms with Crippen LogP contribution in [0.25, 0.3) is 6.08 Å². The van der Waals surface area contributed by atoms with Crippen molar-refractivity contribution in [2.75, 3.05) is 12.0 Å². The number of hydrogen-bond donors (Lipinski definition) is 1. The molecule has 0 saturated carbocycles. The Bertz CT molecular complexity index is 954. The SMILES string of the molecule is CCC(Oc1ccc(/C=C2/SC(=S)N(c3ccc(OC)cc3)C2=O)cc1)C(=O)O. The Morgan fingerprint density at radius 2 is 1.79 bits per heavy atom. The van der Waals surface area contributed by atoms with Crippen LogP contribution in [0.1, 0.15) is 18.9 Å². The van der Waals surface area contributed by atoms with Crippen LogP contribution >= 0.6 is 24.0 Å². The molecule has 1 amide bonds. The van der Waals surface area contributed by atoms with Crippen LogP contribution in [0.5, 0.6) is 11.5 Å². The van der Waals surface area contributed by atoms with Gasteiger partial charge in [0.05, 0.1) is 17.7 Å². The summed E-state index contributed by atoms with van der Waals surface area (Å²) >= 11 is 6.61. The third kappa shape index (κ3) is 4.78. The Morgan fingerprint density at radius 1 is 1.17 bits per heavy atom. The molecule has 0 bridgehead atoms. The molecule has 1 heterocycles. The largest absolute Gasteiger partial charge is 0.497 e. The number of anilines is 1. The third-order valence-electron chi connectivity index (χ3n) is 4.23. The zero-order chi connectivity index (χ0) is 21.0. The van der Waals surface area contributed by atoms with Gasteiger partial charge in [0.2, 0.25) is 0 Å². The average molecular weight is 430 g/mol. The fourth-order valence-corrected chi connectivity index (χ4v) is 3.99. The highest BCUT2D eigenvalue weighted by atomic mass is 32.2. The second kappa shape index (κ2) is 9.11. The molecular formula is C21H19NO5S2. The summed E-state index contributed by atoms with van der Waals surface area (Å²) < 4.78 is 11.1. The van der Waals surface area contributed by atoms with E-state index in [1.54, 1.807) is 68.6 Å². The molecule has 1 unspecified atom stereocenters. The van der Waals surface area contributed by atoms with Gasteiger partial charge in [0, 0.05) is 0 Å². The highest BCUT2D eigenvalue weighted by Gasteiger charge is 2.33. The zero-order valence-electron chi connectivity index (χ0n) is 15.8. The Labute approximate surface area is 178 Å². The molecule has 8 heteroatoms. The molecule has 1 aliphatic heterocycles. The van der Waals surface area contributed by atoms with E-state index in [2.05, 4.69) is 0 Å². The van der Waals surface area contributed by atoms with Gasteiger partial charge in [-0.1, -0.05) is 43.0 Å². The summed E-state index contributed by atoms with van der Waals surface area (Å²) in [6.45, 7) is 1.75. The maximum Gasteiger partial charge on any atom is 0.344 e. The number of hydrogen-bond acceptors (Lipinski definition) is 6. The van der Waals surface area contributed by atoms with E-state index in [-0.39, 0.29) is 5.91 Å². The molecule has 2 aromatic rings. The number of carbonyl (C=O) groups excluding carboxylic acids is 1. The third-order valence-corrected chi connectivity index (χ3v) is 5.53. The highest BCUT2D eigenvalue weighted by molar-refractivity contribution is 8.27. The van der Waals surface area contributed by atoms with Crippen molar-refractivity contribution >= 4 is 51.9 Å². The number of carboxylic acid groups (broad SMARTS) is 1. The second-order valence-corrected chi connectivity index (χ2v) is 7.81. The first-order chi connectivity index (χ1) is 13.9. The van der Waals surface area contributed by atoms with Crippen LogP contribution in [0.2, 0.25) is 0 Å². The number of rotatable bonds is 7. The van der Waals surface area contributed by atoms with Crippen molar-refractivity contribution in [3.63, 3.8) is 0 Å². The van der Waals surface area contributed by atoms with E-state index >= 15 is 0 Å². The van der Waals surface area contributed by atoms with Gasteiger partial charge in [-0.05, 0) is 54.5 Å². The Balaban J connectivity index is 1.75. The van der Waals surface area contributed by atoms with Crippen LogP contribution in [-0.4, -0.2) is 34.5 Å². The number of thiocarbonyl (C=S) groups is 1. The summed E-state index contributed by atoms with van der Waals surface area (Å²) in [7, 11) is 1.58. The molecule has 1 aliphatic rings. The van der Waals surface area contributed by atoms with Crippen LogP contribution in [0.15, 0.2) is 53.4 Å². The van der Waals surface area contributed by atoms with Gasteiger partial charge in [-0.2, -0.15) is 0 Å². The summed E-state index contributed by atoms with van der Waals surface area (Å²) in [6.07, 6.45) is 1.23. The minimum absolute atomic E-state index is 0.192. The lowest BCUT2D eigenvalue weighted by atomic mass is 10.2. The molecule has 0 spiro atoms. The summed E-state index contributed by atoms with van der Waals surface area (Å²) in [6, 6.07) is 14.0. The van der Waals surface area contributed by atoms with Crippen LogP contribution in [0.4, 0.5) is 5.69 Å². The minimum atomic E-state index is -1.00. The lowest BCUT2D eigenvalue weighted by molar-refractivity contribution is -0.145. The van der Waals surface area contributed by atoms with Crippen molar-refractivity contribution < 1.29 is 24.2 Å². The predicted octanol–water partition coefficient (Wildman–Crippen LogP) is 4.34.